The van der Waals surface area contributed by atoms with Gasteiger partial charge in [-0.05, 0) is 38.2 Å². The number of likely N-dealkylation sites (tertiary alicyclic amines) is 1. The third-order valence-electron chi connectivity index (χ3n) is 4.84. The van der Waals surface area contributed by atoms with Crippen molar-refractivity contribution >= 4 is 5.91 Å². The lowest BCUT2D eigenvalue weighted by atomic mass is 10.1. The highest BCUT2D eigenvalue weighted by atomic mass is 16.2. The predicted octanol–water partition coefficient (Wildman–Crippen LogP) is 6.42. The van der Waals surface area contributed by atoms with Gasteiger partial charge in [0, 0.05) is 13.1 Å². The van der Waals surface area contributed by atoms with Crippen LogP contribution in [0.25, 0.3) is 0 Å². The van der Waals surface area contributed by atoms with Gasteiger partial charge in [-0.1, -0.05) is 82.9 Å². The van der Waals surface area contributed by atoms with Gasteiger partial charge in [-0.25, -0.2) is 0 Å². The minimum absolute atomic E-state index is 0.190. The smallest absolute Gasteiger partial charge is 0.246 e. The highest BCUT2D eigenvalue weighted by Gasteiger charge is 2.14. The number of hydrogen-bond acceptors (Lipinski definition) is 1. The van der Waals surface area contributed by atoms with Gasteiger partial charge >= 0.3 is 0 Å². The summed E-state index contributed by atoms with van der Waals surface area (Å²) in [7, 11) is 0. The molecule has 1 saturated heterocycles. The van der Waals surface area contributed by atoms with E-state index in [9.17, 15) is 4.79 Å². The monoisotopic (exact) mass is 333 g/mol. The molecule has 0 aliphatic carbocycles. The van der Waals surface area contributed by atoms with E-state index in [4.69, 9.17) is 0 Å². The van der Waals surface area contributed by atoms with Crippen LogP contribution in [0, 0.1) is 0 Å². The van der Waals surface area contributed by atoms with Gasteiger partial charge in [0.25, 0.3) is 0 Å². The Labute approximate surface area is 150 Å². The van der Waals surface area contributed by atoms with Crippen LogP contribution >= 0.6 is 0 Å². The Morgan fingerprint density at radius 3 is 2.00 bits per heavy atom. The summed E-state index contributed by atoms with van der Waals surface area (Å²) in [6.07, 6.45) is 26.6. The summed E-state index contributed by atoms with van der Waals surface area (Å²) in [6.45, 7) is 4.16. The largest absolute Gasteiger partial charge is 0.339 e. The van der Waals surface area contributed by atoms with Crippen molar-refractivity contribution in [3.05, 3.63) is 24.3 Å². The third-order valence-corrected chi connectivity index (χ3v) is 4.84. The molecule has 0 radical (unpaired) electrons. The van der Waals surface area contributed by atoms with Crippen LogP contribution in [0.2, 0.25) is 0 Å². The van der Waals surface area contributed by atoms with Gasteiger partial charge < -0.3 is 4.90 Å². The van der Waals surface area contributed by atoms with Crippen LogP contribution in [0.5, 0.6) is 0 Å². The quantitative estimate of drug-likeness (QED) is 0.204. The molecule has 0 aromatic rings. The van der Waals surface area contributed by atoms with E-state index in [1.165, 1.54) is 83.5 Å². The van der Waals surface area contributed by atoms with Crippen LogP contribution in [0.1, 0.15) is 96.8 Å². The van der Waals surface area contributed by atoms with Crippen LogP contribution in [0.4, 0.5) is 0 Å². The molecule has 0 bridgehead atoms. The van der Waals surface area contributed by atoms with Gasteiger partial charge in [-0.15, -0.1) is 0 Å². The van der Waals surface area contributed by atoms with Crippen molar-refractivity contribution in [2.75, 3.05) is 13.1 Å². The Bertz CT molecular complexity index is 353. The molecule has 0 saturated carbocycles. The fourth-order valence-corrected chi connectivity index (χ4v) is 3.25. The summed E-state index contributed by atoms with van der Waals surface area (Å²) in [6, 6.07) is 0. The van der Waals surface area contributed by atoms with E-state index in [1.54, 1.807) is 6.08 Å². The van der Waals surface area contributed by atoms with E-state index in [1.807, 2.05) is 11.0 Å². The first kappa shape index (κ1) is 21.0. The Morgan fingerprint density at radius 2 is 1.38 bits per heavy atom. The molecule has 1 aliphatic heterocycles. The Morgan fingerprint density at radius 1 is 0.792 bits per heavy atom. The van der Waals surface area contributed by atoms with Gasteiger partial charge in [-0.2, -0.15) is 0 Å². The predicted molar refractivity (Wildman–Crippen MR) is 105 cm³/mol. The van der Waals surface area contributed by atoms with Crippen molar-refractivity contribution in [1.82, 2.24) is 4.90 Å². The molecule has 2 heteroatoms. The maximum Gasteiger partial charge on any atom is 0.246 e. The van der Waals surface area contributed by atoms with Gasteiger partial charge in [0.2, 0.25) is 5.91 Å². The summed E-state index contributed by atoms with van der Waals surface area (Å²) in [5, 5.41) is 0. The second kappa shape index (κ2) is 15.5. The fourth-order valence-electron chi connectivity index (χ4n) is 3.25. The lowest BCUT2D eigenvalue weighted by Gasteiger charge is -2.11. The third kappa shape index (κ3) is 11.5. The van der Waals surface area contributed by atoms with E-state index in [2.05, 4.69) is 19.1 Å². The molecular weight excluding hydrogens is 294 g/mol. The number of carbonyl (C=O) groups is 1. The summed E-state index contributed by atoms with van der Waals surface area (Å²) in [5.74, 6) is 0.190. The number of hydrogen-bond donors (Lipinski definition) is 0. The molecule has 1 heterocycles. The number of nitrogens with zero attached hydrogens (tertiary/aromatic N) is 1. The second-order valence-electron chi connectivity index (χ2n) is 7.11. The Kier molecular flexibility index (Phi) is 13.5. The number of amides is 1. The molecule has 0 aromatic carbocycles. The molecule has 1 fully saturated rings. The van der Waals surface area contributed by atoms with Crippen LogP contribution < -0.4 is 0 Å². The first-order valence-electron chi connectivity index (χ1n) is 10.4. The molecule has 0 atom stereocenters. The lowest BCUT2D eigenvalue weighted by Crippen LogP contribution is -2.25. The number of unbranched alkanes of at least 4 members (excludes halogenated alkanes) is 10. The molecule has 24 heavy (non-hydrogen) atoms. The van der Waals surface area contributed by atoms with Crippen molar-refractivity contribution < 1.29 is 4.79 Å². The van der Waals surface area contributed by atoms with Gasteiger partial charge in [0.15, 0.2) is 0 Å². The number of carbonyl (C=O) groups excluding carboxylic acids is 1. The molecular formula is C22H39NO. The standard InChI is InChI=1S/C22H39NO/c1-2-3-4-5-6-7-8-9-10-11-12-13-14-15-16-19-22(24)23-20-17-18-21-23/h13-14,16,19H,2-12,15,17-18,20-21H2,1H3/b14-13+,19-16+. The molecule has 0 spiro atoms. The molecule has 0 unspecified atom stereocenters. The first-order chi connectivity index (χ1) is 11.8. The van der Waals surface area contributed by atoms with Crippen LogP contribution in [-0.2, 0) is 4.79 Å². The highest BCUT2D eigenvalue weighted by molar-refractivity contribution is 5.87. The Hall–Kier alpha value is -1.05. The molecule has 1 aliphatic rings. The van der Waals surface area contributed by atoms with E-state index < -0.39 is 0 Å². The van der Waals surface area contributed by atoms with E-state index in [0.29, 0.717) is 0 Å². The van der Waals surface area contributed by atoms with Crippen LogP contribution in [-0.4, -0.2) is 23.9 Å². The normalized spacial score (nSPS) is 15.1. The zero-order chi connectivity index (χ0) is 17.3. The Balaban J connectivity index is 1.83. The summed E-state index contributed by atoms with van der Waals surface area (Å²) < 4.78 is 0. The van der Waals surface area contributed by atoms with Crippen molar-refractivity contribution in [3.8, 4) is 0 Å². The molecule has 0 aromatic heterocycles. The van der Waals surface area contributed by atoms with Crippen molar-refractivity contribution in [1.29, 1.82) is 0 Å². The topological polar surface area (TPSA) is 20.3 Å². The van der Waals surface area contributed by atoms with Gasteiger partial charge in [-0.3, -0.25) is 4.79 Å². The van der Waals surface area contributed by atoms with E-state index in [-0.39, 0.29) is 5.91 Å². The average molecular weight is 334 g/mol. The van der Waals surface area contributed by atoms with Crippen molar-refractivity contribution in [2.24, 2.45) is 0 Å². The summed E-state index contributed by atoms with van der Waals surface area (Å²) in [5.41, 5.74) is 0. The lowest BCUT2D eigenvalue weighted by molar-refractivity contribution is -0.125. The second-order valence-corrected chi connectivity index (χ2v) is 7.11. The minimum atomic E-state index is 0.190. The van der Waals surface area contributed by atoms with E-state index >= 15 is 0 Å². The van der Waals surface area contributed by atoms with Crippen LogP contribution in [0.15, 0.2) is 24.3 Å². The van der Waals surface area contributed by atoms with Crippen LogP contribution in [0.3, 0.4) is 0 Å². The van der Waals surface area contributed by atoms with Gasteiger partial charge in [0.05, 0.1) is 0 Å². The molecule has 138 valence electrons. The molecule has 2 nitrogen and oxygen atoms in total. The highest BCUT2D eigenvalue weighted by Crippen LogP contribution is 2.11. The number of rotatable bonds is 14. The molecule has 1 amide bonds. The van der Waals surface area contributed by atoms with Crippen molar-refractivity contribution in [2.45, 2.75) is 96.8 Å². The zero-order valence-electron chi connectivity index (χ0n) is 16.0. The first-order valence-corrected chi connectivity index (χ1v) is 10.4. The summed E-state index contributed by atoms with van der Waals surface area (Å²) >= 11 is 0. The zero-order valence-corrected chi connectivity index (χ0v) is 16.0. The minimum Gasteiger partial charge on any atom is -0.339 e. The maximum atomic E-state index is 11.8. The summed E-state index contributed by atoms with van der Waals surface area (Å²) in [4.78, 5) is 13.7. The fraction of sp³-hybridized carbons (Fsp3) is 0.773. The van der Waals surface area contributed by atoms with E-state index in [0.717, 1.165) is 19.5 Å². The average Bonchev–Trinajstić information content (AvgIpc) is 3.13. The molecule has 1 rings (SSSR count). The SMILES string of the molecule is CCCCCCCCCCCC/C=C/C/C=C/C(=O)N1CCCC1. The molecule has 0 N–H and O–H groups in total. The maximum absolute atomic E-state index is 11.8. The van der Waals surface area contributed by atoms with Crippen molar-refractivity contribution in [3.63, 3.8) is 0 Å². The van der Waals surface area contributed by atoms with Gasteiger partial charge in [0.1, 0.15) is 0 Å². The number of allylic oxidation sites excluding steroid dienone is 3.